The van der Waals surface area contributed by atoms with Crippen LogP contribution in [0.25, 0.3) is 0 Å². The molecule has 1 N–H and O–H groups in total. The highest BCUT2D eigenvalue weighted by atomic mass is 35.5. The average Bonchev–Trinajstić information content (AvgIpc) is 2.34. The predicted molar refractivity (Wildman–Crippen MR) is 71.2 cm³/mol. The van der Waals surface area contributed by atoms with Crippen molar-refractivity contribution >= 4 is 23.2 Å². The summed E-state index contributed by atoms with van der Waals surface area (Å²) in [6.07, 6.45) is 3.59. The van der Waals surface area contributed by atoms with Gasteiger partial charge in [0.1, 0.15) is 0 Å². The Morgan fingerprint density at radius 3 is 2.33 bits per heavy atom. The molecule has 0 saturated carbocycles. The molecule has 1 aromatic heterocycles. The molecule has 0 fully saturated rings. The summed E-state index contributed by atoms with van der Waals surface area (Å²) in [6, 6.07) is 9.46. The highest BCUT2D eigenvalue weighted by Crippen LogP contribution is 2.23. The van der Waals surface area contributed by atoms with Crippen LogP contribution < -0.4 is 17.7 Å². The first-order valence-electron chi connectivity index (χ1n) is 5.30. The van der Waals surface area contributed by atoms with Crippen LogP contribution in [0.3, 0.4) is 0 Å². The van der Waals surface area contributed by atoms with Gasteiger partial charge in [-0.1, -0.05) is 35.3 Å². The minimum Gasteiger partial charge on any atom is -1.00 e. The van der Waals surface area contributed by atoms with E-state index in [1.54, 1.807) is 6.20 Å². The van der Waals surface area contributed by atoms with E-state index in [-0.39, 0.29) is 12.4 Å². The van der Waals surface area contributed by atoms with E-state index in [1.807, 2.05) is 36.5 Å². The third-order valence-electron chi connectivity index (χ3n) is 2.42. The summed E-state index contributed by atoms with van der Waals surface area (Å²) in [7, 11) is 0. The summed E-state index contributed by atoms with van der Waals surface area (Å²) in [5.74, 6) is 0. The van der Waals surface area contributed by atoms with E-state index in [1.165, 1.54) is 0 Å². The Morgan fingerprint density at radius 2 is 1.72 bits per heavy atom. The molecule has 0 unspecified atom stereocenters. The number of aromatic nitrogens is 1. The van der Waals surface area contributed by atoms with Crippen LogP contribution in [0.4, 0.5) is 0 Å². The predicted octanol–water partition coefficient (Wildman–Crippen LogP) is 0.682. The Balaban J connectivity index is 0.00000162. The van der Waals surface area contributed by atoms with E-state index in [0.29, 0.717) is 16.6 Å². The monoisotopic (exact) mass is 301 g/mol. The van der Waals surface area contributed by atoms with E-state index >= 15 is 0 Å². The number of hydrogen-bond acceptors (Lipinski definition) is 2. The van der Waals surface area contributed by atoms with Crippen molar-refractivity contribution in [3.05, 3.63) is 63.9 Å². The zero-order valence-corrected chi connectivity index (χ0v) is 11.8. The lowest BCUT2D eigenvalue weighted by Crippen LogP contribution is -3.00. The number of benzene rings is 1. The molecule has 2 nitrogen and oxygen atoms in total. The molecular weight excluding hydrogens is 291 g/mol. The van der Waals surface area contributed by atoms with E-state index in [9.17, 15) is 0 Å². The van der Waals surface area contributed by atoms with Crippen molar-refractivity contribution in [2.75, 3.05) is 0 Å². The lowest BCUT2D eigenvalue weighted by Gasteiger charge is -2.08. The fourth-order valence-electron chi connectivity index (χ4n) is 1.54. The minimum absolute atomic E-state index is 0. The van der Waals surface area contributed by atoms with Crippen LogP contribution in [-0.4, -0.2) is 4.98 Å². The molecule has 0 aliphatic carbocycles. The van der Waals surface area contributed by atoms with Gasteiger partial charge in [-0.3, -0.25) is 4.98 Å². The number of rotatable bonds is 4. The molecule has 18 heavy (non-hydrogen) atoms. The first kappa shape index (κ1) is 15.3. The summed E-state index contributed by atoms with van der Waals surface area (Å²) >= 11 is 12.1. The Hall–Kier alpha value is -0.800. The number of pyridine rings is 1. The molecule has 0 atom stereocenters. The maximum absolute atomic E-state index is 6.07. The van der Waals surface area contributed by atoms with Gasteiger partial charge in [-0.05, 0) is 23.8 Å². The quantitative estimate of drug-likeness (QED) is 0.898. The molecule has 0 saturated heterocycles. The van der Waals surface area contributed by atoms with Gasteiger partial charge >= 0.3 is 0 Å². The largest absolute Gasteiger partial charge is 1.00 e. The lowest BCUT2D eigenvalue weighted by molar-refractivity contribution is -0.00000332. The van der Waals surface area contributed by atoms with Crippen molar-refractivity contribution in [2.45, 2.75) is 13.1 Å². The summed E-state index contributed by atoms with van der Waals surface area (Å²) in [5, 5.41) is 4.67. The molecule has 0 radical (unpaired) electrons. The Kier molecular flexibility index (Phi) is 6.44. The fraction of sp³-hybridized carbons (Fsp3) is 0.154. The topological polar surface area (TPSA) is 24.9 Å². The minimum atomic E-state index is 0. The molecular formula is C13H12Cl3N2-. The summed E-state index contributed by atoms with van der Waals surface area (Å²) < 4.78 is 0. The van der Waals surface area contributed by atoms with Gasteiger partial charge in [-0.25, -0.2) is 0 Å². The maximum Gasteiger partial charge on any atom is 0.0465 e. The molecule has 2 rings (SSSR count). The van der Waals surface area contributed by atoms with Crippen molar-refractivity contribution in [1.82, 2.24) is 10.3 Å². The molecule has 2 aromatic rings. The smallest absolute Gasteiger partial charge is 0.0465 e. The van der Waals surface area contributed by atoms with Crippen LogP contribution in [0.1, 0.15) is 11.1 Å². The molecule has 0 spiro atoms. The van der Waals surface area contributed by atoms with Crippen LogP contribution in [0, 0.1) is 0 Å². The third kappa shape index (κ3) is 4.14. The molecule has 1 aromatic carbocycles. The Bertz CT molecular complexity index is 469. The third-order valence-corrected chi connectivity index (χ3v) is 3.12. The highest BCUT2D eigenvalue weighted by Gasteiger charge is 2.04. The van der Waals surface area contributed by atoms with Gasteiger partial charge in [0.05, 0.1) is 0 Å². The average molecular weight is 303 g/mol. The molecule has 0 aliphatic heterocycles. The zero-order valence-electron chi connectivity index (χ0n) is 9.54. The van der Waals surface area contributed by atoms with Crippen molar-refractivity contribution in [1.29, 1.82) is 0 Å². The normalized spacial score (nSPS) is 9.89. The second kappa shape index (κ2) is 7.59. The number of nitrogens with zero attached hydrogens (tertiary/aromatic N) is 1. The van der Waals surface area contributed by atoms with Crippen molar-refractivity contribution in [3.8, 4) is 0 Å². The summed E-state index contributed by atoms with van der Waals surface area (Å²) in [6.45, 7) is 1.39. The molecule has 96 valence electrons. The summed E-state index contributed by atoms with van der Waals surface area (Å²) in [4.78, 5) is 4.05. The standard InChI is InChI=1S/C13H12Cl2N2.ClH/c14-12-4-1-5-13(15)11(12)9-17-8-10-3-2-6-16-7-10;/h1-7,17H,8-9H2;1H/p-1. The van der Waals surface area contributed by atoms with Gasteiger partial charge in [-0.2, -0.15) is 0 Å². The van der Waals surface area contributed by atoms with Crippen LogP contribution in [0.2, 0.25) is 10.0 Å². The second-order valence-corrected chi connectivity index (χ2v) is 4.48. The lowest BCUT2D eigenvalue weighted by atomic mass is 10.2. The second-order valence-electron chi connectivity index (χ2n) is 3.67. The fourth-order valence-corrected chi connectivity index (χ4v) is 2.07. The Morgan fingerprint density at radius 1 is 1.00 bits per heavy atom. The van der Waals surface area contributed by atoms with Crippen molar-refractivity contribution < 1.29 is 12.4 Å². The number of halogens is 3. The number of hydrogen-bond donors (Lipinski definition) is 1. The maximum atomic E-state index is 6.07. The molecule has 5 heteroatoms. The van der Waals surface area contributed by atoms with Gasteiger partial charge in [0, 0.05) is 41.1 Å². The van der Waals surface area contributed by atoms with Gasteiger partial charge in [0.25, 0.3) is 0 Å². The SMILES string of the molecule is Clc1cccc(Cl)c1CNCc1cccnc1.[Cl-]. The van der Waals surface area contributed by atoms with Gasteiger partial charge < -0.3 is 17.7 Å². The Labute approximate surface area is 123 Å². The van der Waals surface area contributed by atoms with Crippen LogP contribution in [0.5, 0.6) is 0 Å². The van der Waals surface area contributed by atoms with Crippen LogP contribution in [0.15, 0.2) is 42.7 Å². The van der Waals surface area contributed by atoms with Gasteiger partial charge in [0.2, 0.25) is 0 Å². The van der Waals surface area contributed by atoms with E-state index < -0.39 is 0 Å². The molecule has 1 heterocycles. The first-order chi connectivity index (χ1) is 8.27. The van der Waals surface area contributed by atoms with Gasteiger partial charge in [-0.15, -0.1) is 0 Å². The molecule has 0 bridgehead atoms. The van der Waals surface area contributed by atoms with Crippen LogP contribution >= 0.6 is 23.2 Å². The first-order valence-corrected chi connectivity index (χ1v) is 6.05. The zero-order chi connectivity index (χ0) is 12.1. The van der Waals surface area contributed by atoms with Crippen molar-refractivity contribution in [3.63, 3.8) is 0 Å². The molecule has 0 aliphatic rings. The molecule has 0 amide bonds. The van der Waals surface area contributed by atoms with E-state index in [0.717, 1.165) is 17.7 Å². The number of nitrogens with one attached hydrogen (secondary N) is 1. The van der Waals surface area contributed by atoms with Crippen LogP contribution in [-0.2, 0) is 13.1 Å². The van der Waals surface area contributed by atoms with E-state index in [2.05, 4.69) is 10.3 Å². The van der Waals surface area contributed by atoms with E-state index in [4.69, 9.17) is 23.2 Å². The van der Waals surface area contributed by atoms with Gasteiger partial charge in [0.15, 0.2) is 0 Å². The summed E-state index contributed by atoms with van der Waals surface area (Å²) in [5.41, 5.74) is 2.07. The highest BCUT2D eigenvalue weighted by molar-refractivity contribution is 6.35. The van der Waals surface area contributed by atoms with Crippen molar-refractivity contribution in [2.24, 2.45) is 0 Å².